The Morgan fingerprint density at radius 1 is 1.09 bits per heavy atom. The van der Waals surface area contributed by atoms with E-state index in [1.54, 1.807) is 34.8 Å². The van der Waals surface area contributed by atoms with Gasteiger partial charge < -0.3 is 14.6 Å². The summed E-state index contributed by atoms with van der Waals surface area (Å²) in [5, 5.41) is 3.75. The molecule has 1 atom stereocenters. The molecular formula is C24H28N4O4S. The number of sulfonamides is 1. The maximum Gasteiger partial charge on any atom is 0.243 e. The van der Waals surface area contributed by atoms with Gasteiger partial charge in [-0.05, 0) is 68.1 Å². The fraction of sp³-hybridized carbons (Fsp3) is 0.417. The number of amides is 1. The second-order valence-corrected chi connectivity index (χ2v) is 10.7. The Morgan fingerprint density at radius 2 is 1.94 bits per heavy atom. The van der Waals surface area contributed by atoms with Gasteiger partial charge in [-0.2, -0.15) is 4.31 Å². The number of carbonyl (C=O) groups excluding carboxylic acids is 1. The number of nitrogens with zero attached hydrogens (tertiary/aromatic N) is 3. The van der Waals surface area contributed by atoms with Crippen LogP contribution in [0.15, 0.2) is 58.0 Å². The van der Waals surface area contributed by atoms with Gasteiger partial charge in [-0.3, -0.25) is 4.79 Å². The molecule has 0 unspecified atom stereocenters. The number of nitrogens with one attached hydrogen (secondary N) is 1. The predicted molar refractivity (Wildman–Crippen MR) is 125 cm³/mol. The first-order valence-corrected chi connectivity index (χ1v) is 12.9. The van der Waals surface area contributed by atoms with Crippen molar-refractivity contribution < 1.29 is 17.6 Å². The molecule has 2 aromatic heterocycles. The van der Waals surface area contributed by atoms with E-state index in [-0.39, 0.29) is 11.8 Å². The van der Waals surface area contributed by atoms with E-state index >= 15 is 0 Å². The van der Waals surface area contributed by atoms with Crippen LogP contribution in [0.25, 0.3) is 10.9 Å². The molecule has 8 nitrogen and oxygen atoms in total. The van der Waals surface area contributed by atoms with Gasteiger partial charge in [-0.1, -0.05) is 0 Å². The zero-order chi connectivity index (χ0) is 22.8. The van der Waals surface area contributed by atoms with E-state index < -0.39 is 10.0 Å². The summed E-state index contributed by atoms with van der Waals surface area (Å²) in [6, 6.07) is 12.6. The number of piperidine rings is 1. The minimum Gasteiger partial charge on any atom is -0.467 e. The third kappa shape index (κ3) is 4.60. The Bertz CT molecular complexity index is 1240. The van der Waals surface area contributed by atoms with Gasteiger partial charge in [0.2, 0.25) is 15.9 Å². The molecule has 4 heterocycles. The molecule has 0 radical (unpaired) electrons. The summed E-state index contributed by atoms with van der Waals surface area (Å²) in [7, 11) is -3.46. The molecule has 2 aliphatic heterocycles. The highest BCUT2D eigenvalue weighted by Crippen LogP contribution is 2.27. The van der Waals surface area contributed by atoms with Crippen molar-refractivity contribution in [2.75, 3.05) is 31.1 Å². The number of aromatic nitrogens is 1. The van der Waals surface area contributed by atoms with Crippen LogP contribution < -0.4 is 10.2 Å². The summed E-state index contributed by atoms with van der Waals surface area (Å²) < 4.78 is 32.6. The predicted octanol–water partition coefficient (Wildman–Crippen LogP) is 3.15. The van der Waals surface area contributed by atoms with Gasteiger partial charge in [-0.15, -0.1) is 0 Å². The largest absolute Gasteiger partial charge is 0.467 e. The first-order valence-electron chi connectivity index (χ1n) is 11.5. The van der Waals surface area contributed by atoms with Crippen LogP contribution in [0.5, 0.6) is 0 Å². The monoisotopic (exact) mass is 468 g/mol. The lowest BCUT2D eigenvalue weighted by atomic mass is 9.97. The van der Waals surface area contributed by atoms with Crippen LogP contribution in [0, 0.1) is 5.92 Å². The Balaban J connectivity index is 1.29. The van der Waals surface area contributed by atoms with Gasteiger partial charge >= 0.3 is 0 Å². The Labute approximate surface area is 193 Å². The van der Waals surface area contributed by atoms with Crippen molar-refractivity contribution in [3.05, 3.63) is 54.5 Å². The van der Waals surface area contributed by atoms with Crippen LogP contribution >= 0.6 is 0 Å². The lowest BCUT2D eigenvalue weighted by molar-refractivity contribution is -0.125. The number of benzene rings is 1. The molecule has 5 rings (SSSR count). The molecular weight excluding hydrogens is 440 g/mol. The van der Waals surface area contributed by atoms with Gasteiger partial charge in [-0.25, -0.2) is 13.4 Å². The van der Waals surface area contributed by atoms with E-state index in [1.165, 1.54) is 0 Å². The molecule has 33 heavy (non-hydrogen) atoms. The highest BCUT2D eigenvalue weighted by molar-refractivity contribution is 7.89. The molecule has 0 bridgehead atoms. The summed E-state index contributed by atoms with van der Waals surface area (Å²) in [5.41, 5.74) is 0.747. The number of anilines is 1. The molecule has 1 N–H and O–H groups in total. The molecule has 2 aliphatic rings. The Kier molecular flexibility index (Phi) is 6.07. The molecule has 3 aromatic rings. The number of pyridine rings is 1. The van der Waals surface area contributed by atoms with E-state index in [1.807, 2.05) is 18.2 Å². The lowest BCUT2D eigenvalue weighted by Crippen LogP contribution is -2.43. The molecule has 2 fully saturated rings. The molecule has 1 amide bonds. The average Bonchev–Trinajstić information content (AvgIpc) is 3.57. The second kappa shape index (κ2) is 9.15. The van der Waals surface area contributed by atoms with Crippen molar-refractivity contribution in [3.8, 4) is 0 Å². The summed E-state index contributed by atoms with van der Waals surface area (Å²) in [4.78, 5) is 19.9. The van der Waals surface area contributed by atoms with Gasteiger partial charge in [0, 0.05) is 31.6 Å². The average molecular weight is 469 g/mol. The number of hydrogen-bond donors (Lipinski definition) is 1. The summed E-state index contributed by atoms with van der Waals surface area (Å²) >= 11 is 0. The Hall–Kier alpha value is -2.91. The highest BCUT2D eigenvalue weighted by Gasteiger charge is 2.28. The highest BCUT2D eigenvalue weighted by atomic mass is 32.2. The standard InChI is InChI=1S/C24H28N4O4S/c29-24(25-16-20-6-4-14-32-20)19-5-3-11-27(17-19)23-10-7-18-15-21(8-9-22(18)26-23)33(30,31)28-12-1-2-13-28/h4,6-10,14-15,19H,1-3,5,11-13,16-17H2,(H,25,29)/t19-/m0/s1. The maximum absolute atomic E-state index is 12.9. The maximum atomic E-state index is 12.9. The quantitative estimate of drug-likeness (QED) is 0.597. The molecule has 0 spiro atoms. The van der Waals surface area contributed by atoms with Crippen molar-refractivity contribution >= 4 is 32.7 Å². The van der Waals surface area contributed by atoms with Crippen molar-refractivity contribution in [1.29, 1.82) is 0 Å². The normalized spacial score (nSPS) is 19.8. The van der Waals surface area contributed by atoms with E-state index in [0.29, 0.717) is 31.1 Å². The minimum absolute atomic E-state index is 0.0219. The van der Waals surface area contributed by atoms with Crippen molar-refractivity contribution in [2.45, 2.75) is 37.1 Å². The zero-order valence-corrected chi connectivity index (χ0v) is 19.3. The number of hydrogen-bond acceptors (Lipinski definition) is 6. The number of fused-ring (bicyclic) bond motifs is 1. The lowest BCUT2D eigenvalue weighted by Gasteiger charge is -2.33. The fourth-order valence-corrected chi connectivity index (χ4v) is 6.19. The van der Waals surface area contributed by atoms with E-state index in [2.05, 4.69) is 10.2 Å². The van der Waals surface area contributed by atoms with Gasteiger partial charge in [0.15, 0.2) is 0 Å². The SMILES string of the molecule is O=C(NCc1ccco1)[C@H]1CCCN(c2ccc3cc(S(=O)(=O)N4CCCC4)ccc3n2)C1. The molecule has 0 aliphatic carbocycles. The number of rotatable bonds is 6. The molecule has 9 heteroatoms. The van der Waals surface area contributed by atoms with Crippen LogP contribution in [-0.4, -0.2) is 49.8 Å². The van der Waals surface area contributed by atoms with Crippen molar-refractivity contribution in [1.82, 2.24) is 14.6 Å². The van der Waals surface area contributed by atoms with Crippen LogP contribution in [0.1, 0.15) is 31.4 Å². The third-order valence-corrected chi connectivity index (χ3v) is 8.38. The van der Waals surface area contributed by atoms with Crippen LogP contribution in [-0.2, 0) is 21.4 Å². The van der Waals surface area contributed by atoms with Gasteiger partial charge in [0.1, 0.15) is 11.6 Å². The molecule has 0 saturated carbocycles. The van der Waals surface area contributed by atoms with Crippen molar-refractivity contribution in [3.63, 3.8) is 0 Å². The van der Waals surface area contributed by atoms with E-state index in [0.717, 1.165) is 54.7 Å². The van der Waals surface area contributed by atoms with Gasteiger partial charge in [0.05, 0.1) is 29.1 Å². The fourth-order valence-electron chi connectivity index (χ4n) is 4.64. The van der Waals surface area contributed by atoms with E-state index in [4.69, 9.17) is 9.40 Å². The molecule has 174 valence electrons. The Morgan fingerprint density at radius 3 is 2.73 bits per heavy atom. The summed E-state index contributed by atoms with van der Waals surface area (Å²) in [5.74, 6) is 1.45. The zero-order valence-electron chi connectivity index (χ0n) is 18.4. The smallest absolute Gasteiger partial charge is 0.243 e. The number of furan rings is 1. The van der Waals surface area contributed by atoms with Crippen LogP contribution in [0.2, 0.25) is 0 Å². The first kappa shape index (κ1) is 21.9. The minimum atomic E-state index is -3.46. The van der Waals surface area contributed by atoms with Gasteiger partial charge in [0.25, 0.3) is 0 Å². The topological polar surface area (TPSA) is 95.8 Å². The molecule has 2 saturated heterocycles. The van der Waals surface area contributed by atoms with Crippen LogP contribution in [0.3, 0.4) is 0 Å². The van der Waals surface area contributed by atoms with E-state index in [9.17, 15) is 13.2 Å². The third-order valence-electron chi connectivity index (χ3n) is 6.48. The number of carbonyl (C=O) groups is 1. The summed E-state index contributed by atoms with van der Waals surface area (Å²) in [6.45, 7) is 3.00. The van der Waals surface area contributed by atoms with Crippen LogP contribution in [0.4, 0.5) is 5.82 Å². The molecule has 1 aromatic carbocycles. The second-order valence-electron chi connectivity index (χ2n) is 8.72. The summed E-state index contributed by atoms with van der Waals surface area (Å²) in [6.07, 6.45) is 5.17. The first-order chi connectivity index (χ1) is 16.0. The van der Waals surface area contributed by atoms with Crippen molar-refractivity contribution in [2.24, 2.45) is 5.92 Å².